The van der Waals surface area contributed by atoms with Gasteiger partial charge in [0.2, 0.25) is 0 Å². The van der Waals surface area contributed by atoms with Gasteiger partial charge < -0.3 is 20.0 Å². The molecule has 0 fully saturated rings. The number of carboxylic acid groups (broad SMARTS) is 1. The second kappa shape index (κ2) is 5.36. The monoisotopic (exact) mass is 226 g/mol. The van der Waals surface area contributed by atoms with Gasteiger partial charge in [-0.2, -0.15) is 0 Å². The van der Waals surface area contributed by atoms with E-state index < -0.39 is 12.0 Å². The number of halogens is 1. The Morgan fingerprint density at radius 2 is 2.07 bits per heavy atom. The van der Waals surface area contributed by atoms with E-state index in [4.69, 9.17) is 11.6 Å². The van der Waals surface area contributed by atoms with Crippen LogP contribution in [0.15, 0.2) is 24.3 Å². The van der Waals surface area contributed by atoms with Crippen LogP contribution in [0.4, 0.5) is 4.79 Å². The van der Waals surface area contributed by atoms with Crippen molar-refractivity contribution in [1.82, 2.24) is 5.32 Å². The molecule has 4 nitrogen and oxygen atoms in total. The fourth-order valence-corrected chi connectivity index (χ4v) is 1.27. The number of hydrogen-bond acceptors (Lipinski definition) is 3. The van der Waals surface area contributed by atoms with Gasteiger partial charge in [0.15, 0.2) is 0 Å². The summed E-state index contributed by atoms with van der Waals surface area (Å²) < 4.78 is 0. The van der Waals surface area contributed by atoms with Gasteiger partial charge in [-0.1, -0.05) is 23.7 Å². The highest BCUT2D eigenvalue weighted by atomic mass is 35.5. The molecule has 0 saturated heterocycles. The molecule has 0 aliphatic rings. The number of hydrogen-bond donors (Lipinski definition) is 1. The third-order valence-corrected chi connectivity index (χ3v) is 2.18. The van der Waals surface area contributed by atoms with Crippen LogP contribution in [-0.2, 0) is 4.79 Å². The van der Waals surface area contributed by atoms with Crippen LogP contribution in [0.3, 0.4) is 0 Å². The maximum atomic E-state index is 10.7. The normalized spacial score (nSPS) is 11.8. The van der Waals surface area contributed by atoms with Gasteiger partial charge in [-0.25, -0.2) is 0 Å². The smallest absolute Gasteiger partial charge is 0.134 e. The first kappa shape index (κ1) is 11.5. The van der Waals surface area contributed by atoms with E-state index in [1.807, 2.05) is 0 Å². The predicted octanol–water partition coefficient (Wildman–Crippen LogP) is 0.555. The van der Waals surface area contributed by atoms with E-state index in [2.05, 4.69) is 5.32 Å². The molecule has 0 saturated carbocycles. The van der Waals surface area contributed by atoms with Crippen LogP contribution in [0, 0.1) is 0 Å². The molecule has 1 aromatic carbocycles. The standard InChI is InChI=1S/C10H10ClNO3/c11-9-3-1-7(2-4-9)8(6-13)5-12-10(14)15/h1-4,6,8,12H,5H2,(H,14,15)/p-1. The van der Waals surface area contributed by atoms with Crippen molar-refractivity contribution in [3.05, 3.63) is 34.9 Å². The zero-order valence-electron chi connectivity index (χ0n) is 7.77. The number of carbonyl (C=O) groups excluding carboxylic acids is 2. The Kier molecular flexibility index (Phi) is 4.12. The molecular formula is C10H9ClNO3-. The van der Waals surface area contributed by atoms with Crippen LogP contribution < -0.4 is 10.4 Å². The number of nitrogens with one attached hydrogen (secondary N) is 1. The van der Waals surface area contributed by atoms with Crippen molar-refractivity contribution < 1.29 is 14.7 Å². The molecule has 1 amide bonds. The van der Waals surface area contributed by atoms with Crippen LogP contribution in [-0.4, -0.2) is 18.9 Å². The SMILES string of the molecule is O=CC(CNC(=O)[O-])c1ccc(Cl)cc1. The minimum Gasteiger partial charge on any atom is -0.530 e. The zero-order valence-corrected chi connectivity index (χ0v) is 8.53. The van der Waals surface area contributed by atoms with Crippen molar-refractivity contribution in [2.24, 2.45) is 0 Å². The molecule has 0 heterocycles. The van der Waals surface area contributed by atoms with Crippen LogP contribution in [0.1, 0.15) is 11.5 Å². The quantitative estimate of drug-likeness (QED) is 0.763. The van der Waals surface area contributed by atoms with Gasteiger partial charge in [-0.05, 0) is 17.7 Å². The largest absolute Gasteiger partial charge is 0.530 e. The molecule has 1 N–H and O–H groups in total. The molecule has 1 aromatic rings. The topological polar surface area (TPSA) is 69.2 Å². The summed E-state index contributed by atoms with van der Waals surface area (Å²) in [5.41, 5.74) is 0.711. The van der Waals surface area contributed by atoms with Crippen molar-refractivity contribution in [2.45, 2.75) is 5.92 Å². The van der Waals surface area contributed by atoms with Gasteiger partial charge in [-0.3, -0.25) is 0 Å². The summed E-state index contributed by atoms with van der Waals surface area (Å²) in [4.78, 5) is 20.9. The van der Waals surface area contributed by atoms with Crippen LogP contribution in [0.5, 0.6) is 0 Å². The second-order valence-corrected chi connectivity index (χ2v) is 3.40. The summed E-state index contributed by atoms with van der Waals surface area (Å²) in [5.74, 6) is -0.514. The van der Waals surface area contributed by atoms with Crippen molar-refractivity contribution in [2.75, 3.05) is 6.54 Å². The summed E-state index contributed by atoms with van der Waals surface area (Å²) >= 11 is 5.68. The highest BCUT2D eigenvalue weighted by Crippen LogP contribution is 2.16. The lowest BCUT2D eigenvalue weighted by molar-refractivity contribution is -0.250. The van der Waals surface area contributed by atoms with E-state index in [1.54, 1.807) is 24.3 Å². The van der Waals surface area contributed by atoms with Crippen LogP contribution in [0.2, 0.25) is 5.02 Å². The second-order valence-electron chi connectivity index (χ2n) is 2.96. The predicted molar refractivity (Wildman–Crippen MR) is 53.7 cm³/mol. The average Bonchev–Trinajstić information content (AvgIpc) is 2.21. The molecule has 0 aliphatic carbocycles. The molecule has 0 bridgehead atoms. The van der Waals surface area contributed by atoms with Gasteiger partial charge in [0, 0.05) is 11.6 Å². The maximum absolute atomic E-state index is 10.7. The number of amides is 1. The number of rotatable bonds is 4. The summed E-state index contributed by atoms with van der Waals surface area (Å²) in [6.07, 6.45) is -0.713. The summed E-state index contributed by atoms with van der Waals surface area (Å²) in [5, 5.41) is 12.8. The summed E-state index contributed by atoms with van der Waals surface area (Å²) in [6, 6.07) is 6.65. The third kappa shape index (κ3) is 3.59. The Balaban J connectivity index is 2.69. The lowest BCUT2D eigenvalue weighted by Crippen LogP contribution is -2.39. The van der Waals surface area contributed by atoms with Crippen LogP contribution in [0.25, 0.3) is 0 Å². The molecular weight excluding hydrogens is 218 g/mol. The van der Waals surface area contributed by atoms with Gasteiger partial charge in [0.1, 0.15) is 12.4 Å². The Morgan fingerprint density at radius 1 is 1.47 bits per heavy atom. The van der Waals surface area contributed by atoms with Gasteiger partial charge in [-0.15, -0.1) is 0 Å². The van der Waals surface area contributed by atoms with E-state index in [-0.39, 0.29) is 6.54 Å². The molecule has 0 aliphatic heterocycles. The molecule has 0 aromatic heterocycles. The molecule has 0 radical (unpaired) electrons. The minimum atomic E-state index is -1.39. The molecule has 1 unspecified atom stereocenters. The first-order chi connectivity index (χ1) is 7.13. The van der Waals surface area contributed by atoms with E-state index in [1.165, 1.54) is 0 Å². The third-order valence-electron chi connectivity index (χ3n) is 1.93. The van der Waals surface area contributed by atoms with Gasteiger partial charge in [0.05, 0.1) is 5.92 Å². The van der Waals surface area contributed by atoms with Crippen molar-refractivity contribution in [3.8, 4) is 0 Å². The zero-order chi connectivity index (χ0) is 11.3. The molecule has 0 spiro atoms. The highest BCUT2D eigenvalue weighted by molar-refractivity contribution is 6.30. The number of benzene rings is 1. The van der Waals surface area contributed by atoms with E-state index in [0.29, 0.717) is 16.9 Å². The van der Waals surface area contributed by atoms with Crippen molar-refractivity contribution in [1.29, 1.82) is 0 Å². The lowest BCUT2D eigenvalue weighted by Gasteiger charge is -2.13. The Labute approximate surface area is 91.9 Å². The molecule has 80 valence electrons. The first-order valence-corrected chi connectivity index (χ1v) is 4.67. The summed E-state index contributed by atoms with van der Waals surface area (Å²) in [6.45, 7) is 0.00741. The number of carbonyl (C=O) groups is 2. The van der Waals surface area contributed by atoms with Gasteiger partial charge >= 0.3 is 0 Å². The minimum absolute atomic E-state index is 0.00741. The molecule has 5 heteroatoms. The fourth-order valence-electron chi connectivity index (χ4n) is 1.15. The fraction of sp³-hybridized carbons (Fsp3) is 0.200. The highest BCUT2D eigenvalue weighted by Gasteiger charge is 2.09. The number of aldehydes is 1. The Morgan fingerprint density at radius 3 is 2.53 bits per heavy atom. The Bertz CT molecular complexity index is 350. The lowest BCUT2D eigenvalue weighted by atomic mass is 10.0. The van der Waals surface area contributed by atoms with Crippen molar-refractivity contribution in [3.63, 3.8) is 0 Å². The maximum Gasteiger partial charge on any atom is 0.134 e. The first-order valence-electron chi connectivity index (χ1n) is 4.29. The van der Waals surface area contributed by atoms with E-state index in [9.17, 15) is 14.7 Å². The van der Waals surface area contributed by atoms with Crippen LogP contribution >= 0.6 is 11.6 Å². The van der Waals surface area contributed by atoms with E-state index in [0.717, 1.165) is 0 Å². The Hall–Kier alpha value is -1.55. The average molecular weight is 227 g/mol. The van der Waals surface area contributed by atoms with Gasteiger partial charge in [0.25, 0.3) is 0 Å². The van der Waals surface area contributed by atoms with E-state index >= 15 is 0 Å². The molecule has 1 atom stereocenters. The summed E-state index contributed by atoms with van der Waals surface area (Å²) in [7, 11) is 0. The van der Waals surface area contributed by atoms with Crippen molar-refractivity contribution >= 4 is 24.0 Å². The molecule has 1 rings (SSSR count). The molecule has 15 heavy (non-hydrogen) atoms.